The van der Waals surface area contributed by atoms with Crippen molar-refractivity contribution in [2.45, 2.75) is 51.5 Å². The third-order valence-electron chi connectivity index (χ3n) is 4.36. The Morgan fingerprint density at radius 1 is 1.29 bits per heavy atom. The number of anilines is 1. The van der Waals surface area contributed by atoms with Crippen LogP contribution in [0.3, 0.4) is 0 Å². The highest BCUT2D eigenvalue weighted by atomic mass is 35.5. The quantitative estimate of drug-likeness (QED) is 0.649. The molecular weight excluding hydrogens is 342 g/mol. The molecule has 0 unspecified atom stereocenters. The van der Waals surface area contributed by atoms with Gasteiger partial charge in [-0.05, 0) is 25.7 Å². The van der Waals surface area contributed by atoms with Crippen molar-refractivity contribution in [2.75, 3.05) is 5.32 Å². The molecule has 126 valence electrons. The van der Waals surface area contributed by atoms with Gasteiger partial charge >= 0.3 is 0 Å². The Morgan fingerprint density at radius 2 is 2.08 bits per heavy atom. The third kappa shape index (κ3) is 2.89. The van der Waals surface area contributed by atoms with Gasteiger partial charge < -0.3 is 5.32 Å². The first kappa shape index (κ1) is 15.8. The van der Waals surface area contributed by atoms with E-state index in [1.165, 1.54) is 18.5 Å². The van der Waals surface area contributed by atoms with Crippen LogP contribution in [0.2, 0.25) is 5.15 Å². The van der Waals surface area contributed by atoms with Crippen LogP contribution in [0, 0.1) is 0 Å². The normalized spacial score (nSPS) is 16.0. The summed E-state index contributed by atoms with van der Waals surface area (Å²) in [5.74, 6) is 1.87. The molecule has 1 atom stereocenters. The van der Waals surface area contributed by atoms with Gasteiger partial charge in [0.1, 0.15) is 16.0 Å². The van der Waals surface area contributed by atoms with Crippen LogP contribution in [0.15, 0.2) is 17.6 Å². The lowest BCUT2D eigenvalue weighted by atomic mass is 10.1. The van der Waals surface area contributed by atoms with Crippen LogP contribution >= 0.6 is 22.9 Å². The Hall–Kier alpha value is -1.66. The second kappa shape index (κ2) is 6.01. The lowest BCUT2D eigenvalue weighted by Gasteiger charge is -2.14. The molecule has 0 radical (unpaired) electrons. The first-order valence-electron chi connectivity index (χ1n) is 8.29. The van der Waals surface area contributed by atoms with Crippen molar-refractivity contribution in [1.29, 1.82) is 0 Å². The van der Waals surface area contributed by atoms with Crippen LogP contribution in [0.5, 0.6) is 0 Å². The third-order valence-corrected chi connectivity index (χ3v) is 5.60. The molecule has 3 heterocycles. The summed E-state index contributed by atoms with van der Waals surface area (Å²) in [4.78, 5) is 9.23. The predicted molar refractivity (Wildman–Crippen MR) is 98.2 cm³/mol. The highest BCUT2D eigenvalue weighted by molar-refractivity contribution is 7.09. The van der Waals surface area contributed by atoms with Gasteiger partial charge in [-0.1, -0.05) is 25.4 Å². The van der Waals surface area contributed by atoms with Gasteiger partial charge in [0.2, 0.25) is 0 Å². The molecule has 3 aromatic heterocycles. The van der Waals surface area contributed by atoms with E-state index in [4.69, 9.17) is 16.6 Å². The number of nitrogens with zero attached hydrogens (tertiary/aromatic N) is 4. The Balaban J connectivity index is 1.65. The first-order valence-corrected chi connectivity index (χ1v) is 9.54. The van der Waals surface area contributed by atoms with Crippen LogP contribution in [-0.2, 0) is 0 Å². The second-order valence-electron chi connectivity index (χ2n) is 6.71. The summed E-state index contributed by atoms with van der Waals surface area (Å²) >= 11 is 7.95. The van der Waals surface area contributed by atoms with E-state index in [0.717, 1.165) is 22.0 Å². The summed E-state index contributed by atoms with van der Waals surface area (Å²) in [5, 5.41) is 11.7. The van der Waals surface area contributed by atoms with Crippen molar-refractivity contribution < 1.29 is 0 Å². The number of thiazole rings is 1. The molecule has 0 spiro atoms. The highest BCUT2D eigenvalue weighted by Gasteiger charge is 2.27. The van der Waals surface area contributed by atoms with Gasteiger partial charge in [-0.15, -0.1) is 11.3 Å². The van der Waals surface area contributed by atoms with E-state index in [9.17, 15) is 0 Å². The van der Waals surface area contributed by atoms with Crippen LogP contribution in [0.25, 0.3) is 5.65 Å². The minimum atomic E-state index is 0.0934. The van der Waals surface area contributed by atoms with Crippen LogP contribution in [0.4, 0.5) is 5.82 Å². The molecule has 3 aromatic rings. The molecule has 1 N–H and O–H groups in total. The highest BCUT2D eigenvalue weighted by Crippen LogP contribution is 2.41. The van der Waals surface area contributed by atoms with Gasteiger partial charge in [-0.25, -0.2) is 9.97 Å². The average molecular weight is 362 g/mol. The second-order valence-corrected chi connectivity index (χ2v) is 7.98. The molecule has 0 amide bonds. The van der Waals surface area contributed by atoms with Gasteiger partial charge in [0.15, 0.2) is 5.65 Å². The number of rotatable bonds is 5. The molecule has 24 heavy (non-hydrogen) atoms. The molecule has 1 saturated carbocycles. The van der Waals surface area contributed by atoms with Crippen molar-refractivity contribution in [3.05, 3.63) is 39.1 Å². The fourth-order valence-corrected chi connectivity index (χ4v) is 3.90. The SMILES string of the molecule is CC(C)c1cnn2c(N[C@H](C)c3nc(C4CC4)cs3)cc(Cl)nc12. The topological polar surface area (TPSA) is 55.1 Å². The van der Waals surface area contributed by atoms with Crippen LogP contribution < -0.4 is 5.32 Å². The average Bonchev–Trinajstić information content (AvgIpc) is 3.10. The van der Waals surface area contributed by atoms with Gasteiger partial charge in [0.25, 0.3) is 0 Å². The number of hydrogen-bond acceptors (Lipinski definition) is 5. The maximum absolute atomic E-state index is 6.24. The molecule has 7 heteroatoms. The van der Waals surface area contributed by atoms with Crippen molar-refractivity contribution in [1.82, 2.24) is 19.6 Å². The molecule has 0 saturated heterocycles. The molecule has 1 fully saturated rings. The zero-order valence-electron chi connectivity index (χ0n) is 14.0. The fraction of sp³-hybridized carbons (Fsp3) is 0.471. The Labute approximate surface area is 150 Å². The molecule has 0 bridgehead atoms. The maximum Gasteiger partial charge on any atom is 0.162 e. The number of nitrogens with one attached hydrogen (secondary N) is 1. The number of aromatic nitrogens is 4. The fourth-order valence-electron chi connectivity index (χ4n) is 2.81. The largest absolute Gasteiger partial charge is 0.361 e. The van der Waals surface area contributed by atoms with Crippen molar-refractivity contribution in [3.63, 3.8) is 0 Å². The van der Waals surface area contributed by atoms with Crippen LogP contribution in [0.1, 0.15) is 67.8 Å². The van der Waals surface area contributed by atoms with E-state index in [1.807, 2.05) is 16.8 Å². The van der Waals surface area contributed by atoms with Gasteiger partial charge in [-0.3, -0.25) is 0 Å². The van der Waals surface area contributed by atoms with E-state index in [2.05, 4.69) is 41.6 Å². The summed E-state index contributed by atoms with van der Waals surface area (Å²) in [6, 6.07) is 1.91. The summed E-state index contributed by atoms with van der Waals surface area (Å²) < 4.78 is 1.83. The minimum absolute atomic E-state index is 0.0934. The smallest absolute Gasteiger partial charge is 0.162 e. The molecule has 1 aliphatic carbocycles. The van der Waals surface area contributed by atoms with Crippen LogP contribution in [-0.4, -0.2) is 19.6 Å². The monoisotopic (exact) mass is 361 g/mol. The van der Waals surface area contributed by atoms with Crippen molar-refractivity contribution >= 4 is 34.4 Å². The summed E-state index contributed by atoms with van der Waals surface area (Å²) in [6.07, 6.45) is 4.42. The summed E-state index contributed by atoms with van der Waals surface area (Å²) in [7, 11) is 0. The van der Waals surface area contributed by atoms with E-state index in [0.29, 0.717) is 17.0 Å². The summed E-state index contributed by atoms with van der Waals surface area (Å²) in [5.41, 5.74) is 3.14. The lowest BCUT2D eigenvalue weighted by molar-refractivity contribution is 0.822. The molecule has 0 aliphatic heterocycles. The molecular formula is C17H20ClN5S. The number of hydrogen-bond donors (Lipinski definition) is 1. The number of halogens is 1. The Bertz CT molecular complexity index is 880. The molecule has 0 aromatic carbocycles. The van der Waals surface area contributed by atoms with E-state index in [-0.39, 0.29) is 6.04 Å². The van der Waals surface area contributed by atoms with E-state index < -0.39 is 0 Å². The molecule has 4 rings (SSSR count). The van der Waals surface area contributed by atoms with Crippen molar-refractivity contribution in [2.24, 2.45) is 0 Å². The first-order chi connectivity index (χ1) is 11.5. The summed E-state index contributed by atoms with van der Waals surface area (Å²) in [6.45, 7) is 6.37. The zero-order valence-corrected chi connectivity index (χ0v) is 15.5. The Kier molecular flexibility index (Phi) is 3.96. The molecule has 5 nitrogen and oxygen atoms in total. The Morgan fingerprint density at radius 3 is 2.79 bits per heavy atom. The van der Waals surface area contributed by atoms with Crippen molar-refractivity contribution in [3.8, 4) is 0 Å². The maximum atomic E-state index is 6.24. The van der Waals surface area contributed by atoms with Gasteiger partial charge in [0, 0.05) is 22.9 Å². The van der Waals surface area contributed by atoms with E-state index >= 15 is 0 Å². The standard InChI is InChI=1S/C17H20ClN5S/c1-9(2)12-7-19-23-15(6-14(18)22-16(12)23)20-10(3)17-21-13(8-24-17)11-4-5-11/h6-11,20H,4-5H2,1-3H3/t10-/m1/s1. The van der Waals surface area contributed by atoms with E-state index in [1.54, 1.807) is 11.3 Å². The predicted octanol–water partition coefficient (Wildman–Crippen LogP) is 5.01. The zero-order chi connectivity index (χ0) is 16.8. The number of fused-ring (bicyclic) bond motifs is 1. The van der Waals surface area contributed by atoms with Gasteiger partial charge in [0.05, 0.1) is 17.9 Å². The molecule has 1 aliphatic rings. The van der Waals surface area contributed by atoms with Gasteiger partial charge in [-0.2, -0.15) is 9.61 Å². The minimum Gasteiger partial charge on any atom is -0.361 e. The lowest BCUT2D eigenvalue weighted by Crippen LogP contribution is -2.11.